The Kier molecular flexibility index (Phi) is 3.92. The molecule has 1 unspecified atom stereocenters. The molecule has 2 aliphatic rings. The first-order valence-electron chi connectivity index (χ1n) is 7.45. The van der Waals surface area contributed by atoms with Gasteiger partial charge in [0, 0.05) is 6.04 Å². The van der Waals surface area contributed by atoms with Crippen molar-refractivity contribution in [2.45, 2.75) is 50.7 Å². The number of rotatable bonds is 4. The maximum Gasteiger partial charge on any atom is 0.161 e. The zero-order chi connectivity index (χ0) is 13.1. The number of hydrogen-bond acceptors (Lipinski definition) is 3. The molecule has 104 valence electrons. The number of benzene rings is 1. The Morgan fingerprint density at radius 3 is 2.58 bits per heavy atom. The Morgan fingerprint density at radius 1 is 1.05 bits per heavy atom. The minimum absolute atomic E-state index is 0.376. The fourth-order valence-corrected chi connectivity index (χ4v) is 3.16. The van der Waals surface area contributed by atoms with Crippen LogP contribution in [0.5, 0.6) is 11.5 Å². The van der Waals surface area contributed by atoms with Gasteiger partial charge in [0.15, 0.2) is 11.5 Å². The summed E-state index contributed by atoms with van der Waals surface area (Å²) in [6, 6.07) is 6.85. The van der Waals surface area contributed by atoms with Gasteiger partial charge in [0.25, 0.3) is 0 Å². The van der Waals surface area contributed by atoms with E-state index in [0.717, 1.165) is 18.0 Å². The highest BCUT2D eigenvalue weighted by Gasteiger charge is 2.21. The van der Waals surface area contributed by atoms with Crippen LogP contribution < -0.4 is 14.8 Å². The van der Waals surface area contributed by atoms with Crippen LogP contribution in [-0.2, 0) is 0 Å². The topological polar surface area (TPSA) is 30.5 Å². The summed E-state index contributed by atoms with van der Waals surface area (Å²) in [5.41, 5.74) is 1.33. The van der Waals surface area contributed by atoms with Crippen molar-refractivity contribution >= 4 is 0 Å². The van der Waals surface area contributed by atoms with Gasteiger partial charge in [0.1, 0.15) is 0 Å². The van der Waals surface area contributed by atoms with Crippen LogP contribution in [0.3, 0.4) is 0 Å². The van der Waals surface area contributed by atoms with Crippen LogP contribution in [-0.4, -0.2) is 19.8 Å². The van der Waals surface area contributed by atoms with E-state index in [-0.39, 0.29) is 0 Å². The van der Waals surface area contributed by atoms with E-state index < -0.39 is 0 Å². The molecular weight excluding hydrogens is 238 g/mol. The van der Waals surface area contributed by atoms with E-state index in [2.05, 4.69) is 17.4 Å². The molecule has 1 atom stereocenters. The summed E-state index contributed by atoms with van der Waals surface area (Å²) in [5, 5.41) is 3.53. The van der Waals surface area contributed by atoms with Gasteiger partial charge in [-0.25, -0.2) is 0 Å². The average Bonchev–Trinajstić information content (AvgIpc) is 3.11. The molecule has 1 aromatic rings. The van der Waals surface area contributed by atoms with Crippen LogP contribution >= 0.6 is 0 Å². The van der Waals surface area contributed by atoms with Crippen LogP contribution in [0.15, 0.2) is 18.2 Å². The van der Waals surface area contributed by atoms with Crippen molar-refractivity contribution < 1.29 is 9.47 Å². The number of ether oxygens (including phenoxy) is 2. The lowest BCUT2D eigenvalue weighted by Gasteiger charge is -2.18. The van der Waals surface area contributed by atoms with Gasteiger partial charge in [-0.1, -0.05) is 6.07 Å². The second kappa shape index (κ2) is 5.83. The van der Waals surface area contributed by atoms with Gasteiger partial charge in [-0.05, 0) is 62.8 Å². The molecule has 3 rings (SSSR count). The van der Waals surface area contributed by atoms with E-state index in [1.807, 2.05) is 6.07 Å². The third-order valence-electron chi connectivity index (χ3n) is 4.25. The molecule has 2 fully saturated rings. The molecule has 0 bridgehead atoms. The maximum absolute atomic E-state index is 6.14. The highest BCUT2D eigenvalue weighted by atomic mass is 16.5. The van der Waals surface area contributed by atoms with E-state index in [4.69, 9.17) is 9.47 Å². The largest absolute Gasteiger partial charge is 0.493 e. The summed E-state index contributed by atoms with van der Waals surface area (Å²) in [6.07, 6.45) is 7.78. The molecule has 1 saturated carbocycles. The monoisotopic (exact) mass is 261 g/mol. The molecule has 1 heterocycles. The minimum Gasteiger partial charge on any atom is -0.493 e. The predicted octanol–water partition coefficient (Wildman–Crippen LogP) is 3.44. The molecule has 0 amide bonds. The van der Waals surface area contributed by atoms with Gasteiger partial charge in [-0.15, -0.1) is 0 Å². The SMILES string of the molecule is COc1ccc(C2CCCN2)cc1OC1CCCC1. The molecule has 1 N–H and O–H groups in total. The summed E-state index contributed by atoms with van der Waals surface area (Å²) in [6.45, 7) is 1.12. The molecule has 1 aliphatic heterocycles. The van der Waals surface area contributed by atoms with Gasteiger partial charge in [0.05, 0.1) is 13.2 Å². The van der Waals surface area contributed by atoms with Crippen molar-refractivity contribution in [2.24, 2.45) is 0 Å². The smallest absolute Gasteiger partial charge is 0.161 e. The summed E-state index contributed by atoms with van der Waals surface area (Å²) < 4.78 is 11.6. The Morgan fingerprint density at radius 2 is 1.89 bits per heavy atom. The standard InChI is InChI=1S/C16H23NO2/c1-18-15-9-8-12(14-7-4-10-17-14)11-16(15)19-13-5-2-3-6-13/h8-9,11,13-14,17H,2-7,10H2,1H3. The third kappa shape index (κ3) is 2.86. The van der Waals surface area contributed by atoms with E-state index in [0.29, 0.717) is 12.1 Å². The Balaban J connectivity index is 1.79. The lowest BCUT2D eigenvalue weighted by atomic mass is 10.0. The Hall–Kier alpha value is -1.22. The Bertz CT molecular complexity index is 421. The lowest BCUT2D eigenvalue weighted by molar-refractivity contribution is 0.200. The first-order valence-corrected chi connectivity index (χ1v) is 7.45. The molecule has 0 radical (unpaired) electrons. The van der Waals surface area contributed by atoms with Gasteiger partial charge in [-0.2, -0.15) is 0 Å². The van der Waals surface area contributed by atoms with Crippen LogP contribution in [0.4, 0.5) is 0 Å². The molecular formula is C16H23NO2. The number of methoxy groups -OCH3 is 1. The first-order chi connectivity index (χ1) is 9.36. The van der Waals surface area contributed by atoms with Gasteiger partial charge in [0.2, 0.25) is 0 Å². The maximum atomic E-state index is 6.14. The summed E-state index contributed by atoms with van der Waals surface area (Å²) in [4.78, 5) is 0. The quantitative estimate of drug-likeness (QED) is 0.900. The highest BCUT2D eigenvalue weighted by Crippen LogP contribution is 2.35. The second-order valence-electron chi connectivity index (χ2n) is 5.58. The molecule has 3 nitrogen and oxygen atoms in total. The normalized spacial score (nSPS) is 23.7. The second-order valence-corrected chi connectivity index (χ2v) is 5.58. The van der Waals surface area contributed by atoms with Crippen LogP contribution in [0, 0.1) is 0 Å². The van der Waals surface area contributed by atoms with Crippen molar-refractivity contribution in [3.8, 4) is 11.5 Å². The lowest BCUT2D eigenvalue weighted by Crippen LogP contribution is -2.14. The van der Waals surface area contributed by atoms with Crippen molar-refractivity contribution in [2.75, 3.05) is 13.7 Å². The van der Waals surface area contributed by atoms with E-state index >= 15 is 0 Å². The third-order valence-corrected chi connectivity index (χ3v) is 4.25. The predicted molar refractivity (Wildman–Crippen MR) is 75.9 cm³/mol. The minimum atomic E-state index is 0.376. The molecule has 1 aliphatic carbocycles. The highest BCUT2D eigenvalue weighted by molar-refractivity contribution is 5.44. The molecule has 1 saturated heterocycles. The fraction of sp³-hybridized carbons (Fsp3) is 0.625. The molecule has 1 aromatic carbocycles. The van der Waals surface area contributed by atoms with Crippen molar-refractivity contribution in [1.29, 1.82) is 0 Å². The molecule has 3 heteroatoms. The van der Waals surface area contributed by atoms with Crippen LogP contribution in [0.2, 0.25) is 0 Å². The molecule has 0 aromatic heterocycles. The first kappa shape index (κ1) is 12.8. The van der Waals surface area contributed by atoms with Gasteiger partial charge >= 0.3 is 0 Å². The summed E-state index contributed by atoms with van der Waals surface area (Å²) >= 11 is 0. The Labute approximate surface area is 115 Å². The van der Waals surface area contributed by atoms with Gasteiger partial charge in [-0.3, -0.25) is 0 Å². The average molecular weight is 261 g/mol. The molecule has 0 spiro atoms. The zero-order valence-electron chi connectivity index (χ0n) is 11.7. The van der Waals surface area contributed by atoms with Crippen molar-refractivity contribution in [3.05, 3.63) is 23.8 Å². The molecule has 19 heavy (non-hydrogen) atoms. The van der Waals surface area contributed by atoms with Crippen LogP contribution in [0.1, 0.15) is 50.1 Å². The van der Waals surface area contributed by atoms with Gasteiger partial charge < -0.3 is 14.8 Å². The number of hydrogen-bond donors (Lipinski definition) is 1. The fourth-order valence-electron chi connectivity index (χ4n) is 3.16. The van der Waals surface area contributed by atoms with Crippen LogP contribution in [0.25, 0.3) is 0 Å². The number of nitrogens with one attached hydrogen (secondary N) is 1. The zero-order valence-corrected chi connectivity index (χ0v) is 11.7. The van der Waals surface area contributed by atoms with Crippen molar-refractivity contribution in [3.63, 3.8) is 0 Å². The van der Waals surface area contributed by atoms with E-state index in [1.165, 1.54) is 44.1 Å². The summed E-state index contributed by atoms with van der Waals surface area (Å²) in [7, 11) is 1.71. The van der Waals surface area contributed by atoms with E-state index in [1.54, 1.807) is 7.11 Å². The van der Waals surface area contributed by atoms with E-state index in [9.17, 15) is 0 Å². The summed E-state index contributed by atoms with van der Waals surface area (Å²) in [5.74, 6) is 1.77. The van der Waals surface area contributed by atoms with Crippen molar-refractivity contribution in [1.82, 2.24) is 5.32 Å².